The second kappa shape index (κ2) is 9.96. The van der Waals surface area contributed by atoms with E-state index in [4.69, 9.17) is 0 Å². The molecule has 0 heterocycles. The Morgan fingerprint density at radius 3 is 2.04 bits per heavy atom. The topological polar surface area (TPSA) is 17.1 Å². The number of hydrogen-bond acceptors (Lipinski definition) is 1. The Kier molecular flexibility index (Phi) is 8.31. The van der Waals surface area contributed by atoms with E-state index < -0.39 is 18.1 Å². The summed E-state index contributed by atoms with van der Waals surface area (Å²) in [6.45, 7) is 0. The van der Waals surface area contributed by atoms with E-state index in [0.717, 1.165) is 5.56 Å². The summed E-state index contributed by atoms with van der Waals surface area (Å²) >= 11 is 0. The molecule has 0 aromatic heterocycles. The summed E-state index contributed by atoms with van der Waals surface area (Å²) < 4.78 is 27.5. The van der Waals surface area contributed by atoms with Crippen LogP contribution in [0.5, 0.6) is 0 Å². The summed E-state index contributed by atoms with van der Waals surface area (Å²) in [6.07, 6.45) is -0.247. The van der Waals surface area contributed by atoms with Crippen LogP contribution >= 0.6 is 0 Å². The molecule has 0 bridgehead atoms. The Hall–Kier alpha value is -2.03. The molecule has 4 heteroatoms. The minimum Gasteiger partial charge on any atom is -0.287 e. The molecule has 0 aliphatic carbocycles. The zero-order chi connectivity index (χ0) is 16.5. The average molecular weight is 368 g/mol. The third kappa shape index (κ3) is 6.23. The summed E-state index contributed by atoms with van der Waals surface area (Å²) in [7, 11) is 0. The van der Waals surface area contributed by atoms with Crippen molar-refractivity contribution in [1.82, 2.24) is 0 Å². The van der Waals surface area contributed by atoms with E-state index in [1.807, 2.05) is 30.3 Å². The van der Waals surface area contributed by atoms with E-state index in [0.29, 0.717) is 0 Å². The molecule has 1 nitrogen and oxygen atoms in total. The van der Waals surface area contributed by atoms with Crippen molar-refractivity contribution >= 4 is 5.78 Å². The molecule has 0 spiro atoms. The van der Waals surface area contributed by atoms with Crippen LogP contribution in [0.4, 0.5) is 8.78 Å². The fourth-order valence-electron chi connectivity index (χ4n) is 2.12. The number of halogens is 2. The molecule has 126 valence electrons. The van der Waals surface area contributed by atoms with Crippen LogP contribution in [-0.4, -0.2) is 11.7 Å². The molecule has 24 heavy (non-hydrogen) atoms. The van der Waals surface area contributed by atoms with Crippen molar-refractivity contribution in [3.63, 3.8) is 0 Å². The van der Waals surface area contributed by atoms with E-state index in [1.54, 1.807) is 42.5 Å². The first-order valence-corrected chi connectivity index (χ1v) is 7.44. The maximum Gasteiger partial charge on any atom is 2.00 e. The van der Waals surface area contributed by atoms with Gasteiger partial charge in [-0.3, -0.25) is 4.79 Å². The molecule has 0 saturated carbocycles. The van der Waals surface area contributed by atoms with Gasteiger partial charge in [0.05, 0.1) is 0 Å². The van der Waals surface area contributed by atoms with Crippen LogP contribution in [0.1, 0.15) is 22.3 Å². The van der Waals surface area contributed by atoms with Gasteiger partial charge in [0.2, 0.25) is 5.78 Å². The monoisotopic (exact) mass is 368 g/mol. The van der Waals surface area contributed by atoms with Crippen molar-refractivity contribution < 1.29 is 30.6 Å². The van der Waals surface area contributed by atoms with Crippen LogP contribution in [-0.2, 0) is 23.5 Å². The van der Waals surface area contributed by atoms with Gasteiger partial charge in [-0.05, 0) is 0 Å². The van der Waals surface area contributed by atoms with Gasteiger partial charge in [0, 0.05) is 12.0 Å². The third-order valence-corrected chi connectivity index (χ3v) is 3.38. The fraction of sp³-hybridized carbons (Fsp3) is 0.150. The number of aryl methyl sites for hydroxylation is 1. The fourth-order valence-corrected chi connectivity index (χ4v) is 2.12. The second-order valence-electron chi connectivity index (χ2n) is 5.15. The molecule has 0 amide bonds. The summed E-state index contributed by atoms with van der Waals surface area (Å²) in [5.74, 6) is -4.41. The first-order valence-electron chi connectivity index (χ1n) is 7.44. The Morgan fingerprint density at radius 1 is 0.958 bits per heavy atom. The van der Waals surface area contributed by atoms with Gasteiger partial charge in [-0.1, -0.05) is 36.8 Å². The van der Waals surface area contributed by atoms with Crippen LogP contribution in [0, 0.1) is 0 Å². The first kappa shape index (κ1) is 20.0. The Morgan fingerprint density at radius 2 is 1.54 bits per heavy atom. The maximum absolute atomic E-state index is 13.7. The molecule has 0 saturated heterocycles. The van der Waals surface area contributed by atoms with Gasteiger partial charge in [0.25, 0.3) is 0 Å². The molecule has 0 atom stereocenters. The van der Waals surface area contributed by atoms with Gasteiger partial charge in [-0.15, -0.1) is 0 Å². The zero-order valence-corrected chi connectivity index (χ0v) is 14.1. The number of Topliss-reactive ketones (excluding diaryl/α,β-unsaturated/α-hetero) is 1. The molecular weight excluding hydrogens is 350 g/mol. The van der Waals surface area contributed by atoms with Crippen LogP contribution in [0.25, 0.3) is 0 Å². The molecule has 0 aliphatic rings. The number of carbonyl (C=O) groups is 1. The Labute approximate surface area is 151 Å². The van der Waals surface area contributed by atoms with Crippen molar-refractivity contribution in [3.8, 4) is 0 Å². The van der Waals surface area contributed by atoms with Crippen LogP contribution in [0.2, 0.25) is 0 Å². The van der Waals surface area contributed by atoms with Crippen LogP contribution in [0.3, 0.4) is 0 Å². The molecule has 3 rings (SSSR count). The molecule has 0 radical (unpaired) electrons. The quantitative estimate of drug-likeness (QED) is 0.341. The van der Waals surface area contributed by atoms with E-state index >= 15 is 0 Å². The second-order valence-corrected chi connectivity index (χ2v) is 5.15. The van der Waals surface area contributed by atoms with Crippen molar-refractivity contribution in [3.05, 3.63) is 96.1 Å². The first-order chi connectivity index (χ1) is 11.1. The summed E-state index contributed by atoms with van der Waals surface area (Å²) in [4.78, 5) is 11.7. The van der Waals surface area contributed by atoms with Crippen molar-refractivity contribution in [2.24, 2.45) is 0 Å². The normalized spacial score (nSPS) is 10.2. The van der Waals surface area contributed by atoms with E-state index in [-0.39, 0.29) is 29.1 Å². The average Bonchev–Trinajstić information content (AvgIpc) is 3.29. The van der Waals surface area contributed by atoms with E-state index in [9.17, 15) is 13.6 Å². The van der Waals surface area contributed by atoms with Crippen molar-refractivity contribution in [1.29, 1.82) is 0 Å². The van der Waals surface area contributed by atoms with Crippen molar-refractivity contribution in [2.45, 2.75) is 18.8 Å². The van der Waals surface area contributed by atoms with Crippen molar-refractivity contribution in [2.75, 3.05) is 0 Å². The van der Waals surface area contributed by atoms with Gasteiger partial charge in [0.1, 0.15) is 0 Å². The molecule has 0 N–H and O–H groups in total. The van der Waals surface area contributed by atoms with Gasteiger partial charge in [-0.2, -0.15) is 44.7 Å². The summed E-state index contributed by atoms with van der Waals surface area (Å²) in [5, 5.41) is 0. The SMILES string of the molecule is O=C(c1ccccc1)C(F)(F)CC[c-]1cccc1.[Fe+2].c1cc[cH-]c1. The number of hydrogen-bond donors (Lipinski definition) is 0. The van der Waals surface area contributed by atoms with Gasteiger partial charge >= 0.3 is 23.0 Å². The zero-order valence-electron chi connectivity index (χ0n) is 13.0. The van der Waals surface area contributed by atoms with Gasteiger partial charge in [-0.25, -0.2) is 24.3 Å². The molecule has 0 unspecified atom stereocenters. The molecule has 3 aromatic rings. The predicted octanol–water partition coefficient (Wildman–Crippen LogP) is 5.26. The predicted molar refractivity (Wildman–Crippen MR) is 88.1 cm³/mol. The number of ketones is 1. The van der Waals surface area contributed by atoms with E-state index in [2.05, 4.69) is 0 Å². The smallest absolute Gasteiger partial charge is 0.287 e. The van der Waals surface area contributed by atoms with Crippen LogP contribution < -0.4 is 0 Å². The Bertz CT molecular complexity index is 657. The third-order valence-electron chi connectivity index (χ3n) is 3.38. The van der Waals surface area contributed by atoms with Crippen LogP contribution in [0.15, 0.2) is 84.9 Å². The summed E-state index contributed by atoms with van der Waals surface area (Å²) in [5.41, 5.74) is 0.889. The molecule has 0 aliphatic heterocycles. The number of alkyl halides is 2. The minimum atomic E-state index is -3.31. The largest absolute Gasteiger partial charge is 2.00 e. The summed E-state index contributed by atoms with van der Waals surface area (Å²) in [6, 6.07) is 24.8. The molecule has 0 fully saturated rings. The minimum absolute atomic E-state index is 0. The maximum atomic E-state index is 13.7. The number of carbonyl (C=O) groups excluding carboxylic acids is 1. The molecule has 3 aromatic carbocycles. The molecular formula is C20H18F2FeO. The Balaban J connectivity index is 0.000000412. The van der Waals surface area contributed by atoms with Gasteiger partial charge in [0.15, 0.2) is 0 Å². The van der Waals surface area contributed by atoms with Gasteiger partial charge < -0.3 is 0 Å². The number of benzene rings is 1. The standard InChI is InChI=1S/C15H13F2O.C5H5.Fe/c16-15(17,11-10-12-6-4-5-7-12)14(18)13-8-2-1-3-9-13;1-2-4-5-3-1;/h1-9H,10-11H2;1-5H;/q2*-1;+2. The van der Waals surface area contributed by atoms with E-state index in [1.165, 1.54) is 12.1 Å². The number of rotatable bonds is 5.